The lowest BCUT2D eigenvalue weighted by Crippen LogP contribution is -2.17. The third-order valence-corrected chi connectivity index (χ3v) is 7.04. The van der Waals surface area contributed by atoms with E-state index in [-0.39, 0.29) is 24.9 Å². The maximum Gasteiger partial charge on any atom is 0.310 e. The number of ether oxygens (including phenoxy) is 2. The molecule has 0 saturated heterocycles. The van der Waals surface area contributed by atoms with Crippen molar-refractivity contribution in [3.8, 4) is 5.75 Å². The van der Waals surface area contributed by atoms with Gasteiger partial charge in [-0.15, -0.1) is 0 Å². The van der Waals surface area contributed by atoms with E-state index in [1.165, 1.54) is 5.57 Å². The van der Waals surface area contributed by atoms with Crippen LogP contribution in [0.4, 0.5) is 0 Å². The summed E-state index contributed by atoms with van der Waals surface area (Å²) in [5.41, 5.74) is 5.00. The normalized spacial score (nSPS) is 15.5. The fraction of sp³-hybridized carbons (Fsp3) is 0.310. The van der Waals surface area contributed by atoms with E-state index in [1.54, 1.807) is 42.0 Å². The maximum absolute atomic E-state index is 13.4. The van der Waals surface area contributed by atoms with E-state index in [4.69, 9.17) is 21.1 Å². The molecule has 0 amide bonds. The Hall–Kier alpha value is -3.31. The van der Waals surface area contributed by atoms with Crippen molar-refractivity contribution < 1.29 is 19.1 Å². The van der Waals surface area contributed by atoms with E-state index in [0.717, 1.165) is 35.8 Å². The minimum absolute atomic E-state index is 0.0490. The van der Waals surface area contributed by atoms with Crippen molar-refractivity contribution in [1.29, 1.82) is 0 Å². The van der Waals surface area contributed by atoms with Gasteiger partial charge in [0.2, 0.25) is 0 Å². The van der Waals surface area contributed by atoms with Crippen molar-refractivity contribution in [2.24, 2.45) is 5.92 Å². The molecule has 0 aliphatic heterocycles. The first-order valence-electron chi connectivity index (χ1n) is 11.8. The molecule has 182 valence electrons. The number of hydrogen-bond acceptors (Lipinski definition) is 4. The standard InChI is InChI=1S/C29H30ClNO4/c1-18-5-7-21(8-6-18)19(2)17-35-28(32)16-25-20(3)31(27-14-13-24(34-4)15-26(25)27)29(33)22-9-11-23(30)12-10-22/h5,9-15,21H,2,6-8,16-17H2,1,3-4H3/t21-/m0/s1. The first kappa shape index (κ1) is 24.8. The Kier molecular flexibility index (Phi) is 7.46. The number of fused-ring (bicyclic) bond motifs is 1. The Morgan fingerprint density at radius 3 is 2.54 bits per heavy atom. The number of allylic oxidation sites excluding steroid dienone is 2. The van der Waals surface area contributed by atoms with Gasteiger partial charge in [0.1, 0.15) is 12.4 Å². The average molecular weight is 492 g/mol. The van der Waals surface area contributed by atoms with Crippen molar-refractivity contribution in [2.75, 3.05) is 13.7 Å². The second-order valence-electron chi connectivity index (χ2n) is 9.11. The zero-order valence-corrected chi connectivity index (χ0v) is 21.2. The Bertz CT molecular complexity index is 1320. The number of nitrogens with zero attached hydrogens (tertiary/aromatic N) is 1. The Labute approximate surface area is 211 Å². The van der Waals surface area contributed by atoms with E-state index in [9.17, 15) is 9.59 Å². The molecule has 1 aromatic heterocycles. The molecule has 0 radical (unpaired) electrons. The Morgan fingerprint density at radius 1 is 1.14 bits per heavy atom. The van der Waals surface area contributed by atoms with Crippen LogP contribution in [0.1, 0.15) is 47.8 Å². The first-order chi connectivity index (χ1) is 16.8. The number of benzene rings is 2. The van der Waals surface area contributed by atoms with Crippen LogP contribution >= 0.6 is 11.6 Å². The molecule has 0 saturated carbocycles. The highest BCUT2D eigenvalue weighted by atomic mass is 35.5. The predicted octanol–water partition coefficient (Wildman–Crippen LogP) is 6.69. The topological polar surface area (TPSA) is 57.5 Å². The van der Waals surface area contributed by atoms with E-state index in [2.05, 4.69) is 19.6 Å². The van der Waals surface area contributed by atoms with Gasteiger partial charge in [-0.05, 0) is 92.6 Å². The van der Waals surface area contributed by atoms with Crippen LogP contribution in [0.5, 0.6) is 5.75 Å². The molecule has 1 heterocycles. The molecule has 3 aromatic rings. The van der Waals surface area contributed by atoms with Gasteiger partial charge in [0, 0.05) is 21.7 Å². The summed E-state index contributed by atoms with van der Waals surface area (Å²) in [4.78, 5) is 26.3. The summed E-state index contributed by atoms with van der Waals surface area (Å²) in [7, 11) is 1.59. The van der Waals surface area contributed by atoms with E-state index in [1.807, 2.05) is 19.1 Å². The largest absolute Gasteiger partial charge is 0.497 e. The molecule has 35 heavy (non-hydrogen) atoms. The Morgan fingerprint density at radius 2 is 1.89 bits per heavy atom. The van der Waals surface area contributed by atoms with Crippen LogP contribution in [0, 0.1) is 12.8 Å². The number of rotatable bonds is 7. The summed E-state index contributed by atoms with van der Waals surface area (Å²) in [5, 5.41) is 1.35. The second-order valence-corrected chi connectivity index (χ2v) is 9.55. The molecule has 1 aliphatic rings. The van der Waals surface area contributed by atoms with E-state index >= 15 is 0 Å². The molecule has 6 heteroatoms. The molecule has 0 bridgehead atoms. The fourth-order valence-electron chi connectivity index (χ4n) is 4.62. The average Bonchev–Trinajstić information content (AvgIpc) is 3.13. The van der Waals surface area contributed by atoms with Crippen molar-refractivity contribution in [3.63, 3.8) is 0 Å². The molecular formula is C29H30ClNO4. The summed E-state index contributed by atoms with van der Waals surface area (Å²) in [6.45, 7) is 8.36. The lowest BCUT2D eigenvalue weighted by Gasteiger charge is -2.22. The number of esters is 1. The SMILES string of the molecule is C=C(COC(=O)Cc1c(C)n(C(=O)c2ccc(Cl)cc2)c2ccc(OC)cc12)[C@H]1CC=C(C)CC1. The van der Waals surface area contributed by atoms with Gasteiger partial charge in [-0.2, -0.15) is 0 Å². The van der Waals surface area contributed by atoms with Gasteiger partial charge < -0.3 is 9.47 Å². The van der Waals surface area contributed by atoms with Crippen LogP contribution < -0.4 is 4.74 Å². The van der Waals surface area contributed by atoms with Crippen molar-refractivity contribution >= 4 is 34.4 Å². The summed E-state index contributed by atoms with van der Waals surface area (Å²) in [6, 6.07) is 12.3. The summed E-state index contributed by atoms with van der Waals surface area (Å²) < 4.78 is 12.7. The zero-order valence-electron chi connectivity index (χ0n) is 20.4. The van der Waals surface area contributed by atoms with Crippen LogP contribution in [0.25, 0.3) is 10.9 Å². The molecular weight excluding hydrogens is 462 g/mol. The maximum atomic E-state index is 13.4. The number of halogens is 1. The highest BCUT2D eigenvalue weighted by Crippen LogP contribution is 2.32. The molecule has 2 aromatic carbocycles. The van der Waals surface area contributed by atoms with Crippen LogP contribution in [0.15, 0.2) is 66.3 Å². The molecule has 1 aliphatic carbocycles. The van der Waals surface area contributed by atoms with Gasteiger partial charge >= 0.3 is 5.97 Å². The smallest absolute Gasteiger partial charge is 0.310 e. The minimum atomic E-state index is -0.349. The molecule has 0 N–H and O–H groups in total. The molecule has 0 fully saturated rings. The molecule has 4 rings (SSSR count). The second kappa shape index (κ2) is 10.5. The van der Waals surface area contributed by atoms with Crippen LogP contribution in [-0.2, 0) is 16.0 Å². The highest BCUT2D eigenvalue weighted by molar-refractivity contribution is 6.30. The number of hydrogen-bond donors (Lipinski definition) is 0. The minimum Gasteiger partial charge on any atom is -0.497 e. The molecule has 0 unspecified atom stereocenters. The van der Waals surface area contributed by atoms with Crippen molar-refractivity contribution in [3.05, 3.63) is 88.1 Å². The first-order valence-corrected chi connectivity index (χ1v) is 12.1. The zero-order chi connectivity index (χ0) is 25.1. The lowest BCUT2D eigenvalue weighted by molar-refractivity contribution is -0.142. The Balaban J connectivity index is 1.58. The van der Waals surface area contributed by atoms with E-state index < -0.39 is 0 Å². The van der Waals surface area contributed by atoms with E-state index in [0.29, 0.717) is 33.5 Å². The van der Waals surface area contributed by atoms with Crippen LogP contribution in [0.3, 0.4) is 0 Å². The lowest BCUT2D eigenvalue weighted by atomic mass is 9.86. The third kappa shape index (κ3) is 5.35. The van der Waals surface area contributed by atoms with Gasteiger partial charge in [-0.3, -0.25) is 14.2 Å². The monoisotopic (exact) mass is 491 g/mol. The fourth-order valence-corrected chi connectivity index (χ4v) is 4.74. The molecule has 1 atom stereocenters. The number of carbonyl (C=O) groups excluding carboxylic acids is 2. The summed E-state index contributed by atoms with van der Waals surface area (Å²) in [5.74, 6) is 0.453. The van der Waals surface area contributed by atoms with Crippen LogP contribution in [0.2, 0.25) is 5.02 Å². The number of methoxy groups -OCH3 is 1. The summed E-state index contributed by atoms with van der Waals surface area (Å²) in [6.07, 6.45) is 5.33. The number of aromatic nitrogens is 1. The quantitative estimate of drug-likeness (QED) is 0.273. The molecule has 0 spiro atoms. The third-order valence-electron chi connectivity index (χ3n) is 6.79. The predicted molar refractivity (Wildman–Crippen MR) is 139 cm³/mol. The van der Waals surface area contributed by atoms with Gasteiger partial charge in [0.15, 0.2) is 0 Å². The molecule has 5 nitrogen and oxygen atoms in total. The van der Waals surface area contributed by atoms with Gasteiger partial charge in [-0.25, -0.2) is 0 Å². The van der Waals surface area contributed by atoms with Crippen molar-refractivity contribution in [1.82, 2.24) is 4.57 Å². The van der Waals surface area contributed by atoms with Crippen molar-refractivity contribution in [2.45, 2.75) is 39.5 Å². The number of carbonyl (C=O) groups is 2. The highest BCUT2D eigenvalue weighted by Gasteiger charge is 2.23. The van der Waals surface area contributed by atoms with Gasteiger partial charge in [0.05, 0.1) is 19.0 Å². The van der Waals surface area contributed by atoms with Crippen LogP contribution in [-0.4, -0.2) is 30.2 Å². The van der Waals surface area contributed by atoms with Gasteiger partial charge in [0.25, 0.3) is 5.91 Å². The van der Waals surface area contributed by atoms with Gasteiger partial charge in [-0.1, -0.05) is 29.8 Å². The summed E-state index contributed by atoms with van der Waals surface area (Å²) >= 11 is 6.00.